The van der Waals surface area contributed by atoms with Crippen LogP contribution >= 0.6 is 11.6 Å². The number of amides is 1. The summed E-state index contributed by atoms with van der Waals surface area (Å²) in [5.74, 6) is 0.0350. The molecule has 6 heteroatoms. The van der Waals surface area contributed by atoms with Gasteiger partial charge in [-0.05, 0) is 18.1 Å². The van der Waals surface area contributed by atoms with Gasteiger partial charge in [0.1, 0.15) is 0 Å². The van der Waals surface area contributed by atoms with E-state index in [2.05, 4.69) is 10.3 Å². The number of benzene rings is 1. The van der Waals surface area contributed by atoms with Gasteiger partial charge in [0, 0.05) is 12.1 Å². The van der Waals surface area contributed by atoms with Crippen molar-refractivity contribution in [2.75, 3.05) is 6.54 Å². The molecule has 1 heterocycles. The number of nitrogens with zero attached hydrogens (tertiary/aromatic N) is 1. The molecule has 1 aromatic carbocycles. The summed E-state index contributed by atoms with van der Waals surface area (Å²) in [7, 11) is 0. The number of rotatable bonds is 6. The van der Waals surface area contributed by atoms with E-state index in [1.54, 1.807) is 24.3 Å². The van der Waals surface area contributed by atoms with Gasteiger partial charge < -0.3 is 14.8 Å². The Hall–Kier alpha value is -1.85. The molecule has 0 aliphatic heterocycles. The Bertz CT molecular complexity index is 642. The predicted molar refractivity (Wildman–Crippen MR) is 84.7 cm³/mol. The van der Waals surface area contributed by atoms with Crippen molar-refractivity contribution in [1.29, 1.82) is 0 Å². The lowest BCUT2D eigenvalue weighted by Crippen LogP contribution is -2.35. The minimum Gasteiger partial charge on any atom is -0.443 e. The number of hydrogen-bond acceptors (Lipinski definition) is 4. The van der Waals surface area contributed by atoms with E-state index in [-0.39, 0.29) is 18.2 Å². The summed E-state index contributed by atoms with van der Waals surface area (Å²) in [6.07, 6.45) is 1.45. The Kier molecular flexibility index (Phi) is 5.57. The second-order valence-corrected chi connectivity index (χ2v) is 5.58. The highest BCUT2D eigenvalue weighted by atomic mass is 35.5. The predicted octanol–water partition coefficient (Wildman–Crippen LogP) is 3.13. The van der Waals surface area contributed by atoms with Crippen molar-refractivity contribution in [3.8, 4) is 11.3 Å². The lowest BCUT2D eigenvalue weighted by atomic mass is 10.0. The van der Waals surface area contributed by atoms with E-state index in [1.807, 2.05) is 13.8 Å². The zero-order chi connectivity index (χ0) is 16.1. The van der Waals surface area contributed by atoms with Crippen LogP contribution in [0, 0.1) is 5.92 Å². The zero-order valence-corrected chi connectivity index (χ0v) is 13.3. The highest BCUT2D eigenvalue weighted by molar-refractivity contribution is 6.33. The Morgan fingerprint density at radius 2 is 2.18 bits per heavy atom. The molecule has 0 saturated carbocycles. The summed E-state index contributed by atoms with van der Waals surface area (Å²) >= 11 is 6.12. The molecule has 22 heavy (non-hydrogen) atoms. The Balaban J connectivity index is 2.13. The van der Waals surface area contributed by atoms with Crippen molar-refractivity contribution in [3.05, 3.63) is 41.4 Å². The third kappa shape index (κ3) is 3.67. The molecular formula is C16H19ClN2O3. The lowest BCUT2D eigenvalue weighted by Gasteiger charge is -2.17. The van der Waals surface area contributed by atoms with Gasteiger partial charge in [0.2, 0.25) is 0 Å². The number of nitrogens with one attached hydrogen (secondary N) is 1. The molecule has 2 aromatic rings. The van der Waals surface area contributed by atoms with Gasteiger partial charge in [0.05, 0.1) is 11.1 Å². The molecule has 1 aromatic heterocycles. The molecule has 1 amide bonds. The summed E-state index contributed by atoms with van der Waals surface area (Å²) in [4.78, 5) is 16.2. The first kappa shape index (κ1) is 16.5. The molecule has 2 rings (SSSR count). The van der Waals surface area contributed by atoms with Crippen LogP contribution in [0.2, 0.25) is 5.02 Å². The van der Waals surface area contributed by atoms with Crippen LogP contribution < -0.4 is 5.32 Å². The Morgan fingerprint density at radius 3 is 2.86 bits per heavy atom. The van der Waals surface area contributed by atoms with Crippen LogP contribution in [-0.4, -0.2) is 28.6 Å². The molecule has 0 aliphatic rings. The average molecular weight is 323 g/mol. The number of halogens is 1. The largest absolute Gasteiger partial charge is 0.443 e. The molecule has 0 bridgehead atoms. The summed E-state index contributed by atoms with van der Waals surface area (Å²) < 4.78 is 5.31. The second kappa shape index (κ2) is 7.42. The van der Waals surface area contributed by atoms with Crippen molar-refractivity contribution < 1.29 is 14.3 Å². The summed E-state index contributed by atoms with van der Waals surface area (Å²) in [6.45, 7) is 4.09. The average Bonchev–Trinajstić information content (AvgIpc) is 3.01. The van der Waals surface area contributed by atoms with E-state index in [4.69, 9.17) is 16.0 Å². The number of aliphatic hydroxyl groups is 1. The van der Waals surface area contributed by atoms with Gasteiger partial charge >= 0.3 is 0 Å². The van der Waals surface area contributed by atoms with Gasteiger partial charge in [-0.2, -0.15) is 0 Å². The lowest BCUT2D eigenvalue weighted by molar-refractivity contribution is 0.0846. The smallest absolute Gasteiger partial charge is 0.274 e. The molecule has 2 N–H and O–H groups in total. The summed E-state index contributed by atoms with van der Waals surface area (Å²) in [6, 6.07) is 7.07. The number of aromatic nitrogens is 1. The van der Waals surface area contributed by atoms with E-state index in [1.165, 1.54) is 6.39 Å². The van der Waals surface area contributed by atoms with E-state index in [0.29, 0.717) is 16.3 Å². The summed E-state index contributed by atoms with van der Waals surface area (Å²) in [5, 5.41) is 13.1. The van der Waals surface area contributed by atoms with Gasteiger partial charge in [-0.15, -0.1) is 0 Å². The Morgan fingerprint density at radius 1 is 1.45 bits per heavy atom. The number of hydrogen-bond donors (Lipinski definition) is 2. The minimum absolute atomic E-state index is 0.112. The standard InChI is InChI=1S/C16H19ClN2O3/c1-3-10(2)13(20)8-18-16(21)14-15(22-9-19-14)11-6-4-5-7-12(11)17/h4-7,9-10,13,20H,3,8H2,1-2H3,(H,18,21). The molecule has 0 aliphatic carbocycles. The van der Waals surface area contributed by atoms with Crippen LogP contribution in [0.1, 0.15) is 30.8 Å². The van der Waals surface area contributed by atoms with Gasteiger partial charge in [0.25, 0.3) is 5.91 Å². The molecular weight excluding hydrogens is 304 g/mol. The van der Waals surface area contributed by atoms with Crippen LogP contribution in [0.25, 0.3) is 11.3 Å². The third-order valence-electron chi connectivity index (χ3n) is 3.67. The van der Waals surface area contributed by atoms with Crippen LogP contribution in [-0.2, 0) is 0 Å². The monoisotopic (exact) mass is 322 g/mol. The zero-order valence-electron chi connectivity index (χ0n) is 12.5. The molecule has 2 unspecified atom stereocenters. The third-order valence-corrected chi connectivity index (χ3v) is 4.00. The molecule has 5 nitrogen and oxygen atoms in total. The van der Waals surface area contributed by atoms with Crippen molar-refractivity contribution in [2.24, 2.45) is 5.92 Å². The first-order valence-electron chi connectivity index (χ1n) is 7.19. The molecule has 0 fully saturated rings. The number of aliphatic hydroxyl groups excluding tert-OH is 1. The van der Waals surface area contributed by atoms with Crippen molar-refractivity contribution in [3.63, 3.8) is 0 Å². The number of carbonyl (C=O) groups excluding carboxylic acids is 1. The van der Waals surface area contributed by atoms with Crippen LogP contribution in [0.4, 0.5) is 0 Å². The van der Waals surface area contributed by atoms with Gasteiger partial charge in [-0.25, -0.2) is 4.98 Å². The Labute approximate surface area is 134 Å². The summed E-state index contributed by atoms with van der Waals surface area (Å²) in [5.41, 5.74) is 0.763. The van der Waals surface area contributed by atoms with Crippen LogP contribution in [0.15, 0.2) is 35.1 Å². The SMILES string of the molecule is CCC(C)C(O)CNC(=O)c1ncoc1-c1ccccc1Cl. The molecule has 2 atom stereocenters. The number of oxazole rings is 1. The van der Waals surface area contributed by atoms with Gasteiger partial charge in [-0.3, -0.25) is 4.79 Å². The molecule has 0 spiro atoms. The molecule has 0 radical (unpaired) electrons. The fraction of sp³-hybridized carbons (Fsp3) is 0.375. The van der Waals surface area contributed by atoms with Crippen molar-refractivity contribution >= 4 is 17.5 Å². The van der Waals surface area contributed by atoms with Crippen LogP contribution in [0.3, 0.4) is 0 Å². The van der Waals surface area contributed by atoms with E-state index >= 15 is 0 Å². The fourth-order valence-corrected chi connectivity index (χ4v) is 2.22. The number of carbonyl (C=O) groups is 1. The normalized spacial score (nSPS) is 13.6. The van der Waals surface area contributed by atoms with Crippen molar-refractivity contribution in [2.45, 2.75) is 26.4 Å². The highest BCUT2D eigenvalue weighted by Crippen LogP contribution is 2.29. The van der Waals surface area contributed by atoms with E-state index in [9.17, 15) is 9.90 Å². The molecule has 118 valence electrons. The first-order chi connectivity index (χ1) is 10.5. The van der Waals surface area contributed by atoms with Crippen LogP contribution in [0.5, 0.6) is 0 Å². The van der Waals surface area contributed by atoms with Gasteiger partial charge in [-0.1, -0.05) is 44.0 Å². The maximum atomic E-state index is 12.2. The van der Waals surface area contributed by atoms with E-state index < -0.39 is 12.0 Å². The fourth-order valence-electron chi connectivity index (χ4n) is 2.00. The van der Waals surface area contributed by atoms with Gasteiger partial charge in [0.15, 0.2) is 17.8 Å². The first-order valence-corrected chi connectivity index (χ1v) is 7.57. The second-order valence-electron chi connectivity index (χ2n) is 5.17. The van der Waals surface area contributed by atoms with E-state index in [0.717, 1.165) is 6.42 Å². The molecule has 0 saturated heterocycles. The van der Waals surface area contributed by atoms with Crippen molar-refractivity contribution in [1.82, 2.24) is 10.3 Å². The maximum Gasteiger partial charge on any atom is 0.274 e. The highest BCUT2D eigenvalue weighted by Gasteiger charge is 2.21. The quantitative estimate of drug-likeness (QED) is 0.856. The maximum absolute atomic E-state index is 12.2. The topological polar surface area (TPSA) is 75.4 Å². The minimum atomic E-state index is -0.593.